The van der Waals surface area contributed by atoms with E-state index in [-0.39, 0.29) is 17.7 Å². The highest BCUT2D eigenvalue weighted by molar-refractivity contribution is 4.85. The van der Waals surface area contributed by atoms with Crippen LogP contribution in [0.3, 0.4) is 0 Å². The lowest BCUT2D eigenvalue weighted by molar-refractivity contribution is -0.0170. The molecule has 1 unspecified atom stereocenters. The van der Waals surface area contributed by atoms with E-state index in [1.807, 2.05) is 0 Å². The van der Waals surface area contributed by atoms with Crippen LogP contribution in [0.1, 0.15) is 47.0 Å². The maximum atomic E-state index is 8.91. The van der Waals surface area contributed by atoms with Crippen LogP contribution in [-0.2, 0) is 4.74 Å². The third-order valence-corrected chi connectivity index (χ3v) is 3.10. The number of aliphatic hydroxyl groups is 1. The third-order valence-electron chi connectivity index (χ3n) is 3.10. The first-order valence-corrected chi connectivity index (χ1v) is 5.88. The van der Waals surface area contributed by atoms with E-state index in [1.54, 1.807) is 0 Å². The summed E-state index contributed by atoms with van der Waals surface area (Å²) in [6.07, 6.45) is 3.39. The fourth-order valence-electron chi connectivity index (χ4n) is 1.98. The van der Waals surface area contributed by atoms with Gasteiger partial charge in [-0.1, -0.05) is 0 Å². The molecule has 1 fully saturated rings. The molecule has 90 valence electrons. The van der Waals surface area contributed by atoms with Gasteiger partial charge < -0.3 is 15.2 Å². The largest absolute Gasteiger partial charge is 0.396 e. The van der Waals surface area contributed by atoms with Crippen molar-refractivity contribution in [2.24, 2.45) is 0 Å². The number of aliphatic hydroxyl groups excluding tert-OH is 1. The number of ether oxygens (including phenoxy) is 1. The predicted molar refractivity (Wildman–Crippen MR) is 62.0 cm³/mol. The molecule has 0 spiro atoms. The zero-order chi connectivity index (χ0) is 11.5. The molecule has 15 heavy (non-hydrogen) atoms. The standard InChI is InChI=1S/C12H25NO2/c1-11(2,7-8-14)13-9-10-5-6-12(3,4)15-10/h10,13-14H,5-9H2,1-4H3. The average Bonchev–Trinajstić information content (AvgIpc) is 2.42. The van der Waals surface area contributed by atoms with Gasteiger partial charge in [0.2, 0.25) is 0 Å². The lowest BCUT2D eigenvalue weighted by Gasteiger charge is -2.28. The van der Waals surface area contributed by atoms with Crippen molar-refractivity contribution in [1.29, 1.82) is 0 Å². The molecule has 1 rings (SSSR count). The van der Waals surface area contributed by atoms with Crippen molar-refractivity contribution in [1.82, 2.24) is 5.32 Å². The predicted octanol–water partition coefficient (Wildman–Crippen LogP) is 1.69. The molecule has 0 saturated carbocycles. The number of nitrogens with one attached hydrogen (secondary N) is 1. The van der Waals surface area contributed by atoms with Gasteiger partial charge >= 0.3 is 0 Å². The number of hydrogen-bond acceptors (Lipinski definition) is 3. The van der Waals surface area contributed by atoms with Gasteiger partial charge in [0, 0.05) is 18.7 Å². The molecule has 0 radical (unpaired) electrons. The van der Waals surface area contributed by atoms with Crippen LogP contribution < -0.4 is 5.32 Å². The van der Waals surface area contributed by atoms with Crippen LogP contribution in [0.15, 0.2) is 0 Å². The van der Waals surface area contributed by atoms with Crippen molar-refractivity contribution >= 4 is 0 Å². The fraction of sp³-hybridized carbons (Fsp3) is 1.00. The summed E-state index contributed by atoms with van der Waals surface area (Å²) < 4.78 is 5.90. The van der Waals surface area contributed by atoms with Gasteiger partial charge in [0.1, 0.15) is 0 Å². The Balaban J connectivity index is 2.26. The SMILES string of the molecule is CC(C)(CCO)NCC1CCC(C)(C)O1. The average molecular weight is 215 g/mol. The van der Waals surface area contributed by atoms with Crippen molar-refractivity contribution in [3.05, 3.63) is 0 Å². The fourth-order valence-corrected chi connectivity index (χ4v) is 1.98. The molecular weight excluding hydrogens is 190 g/mol. The molecule has 0 amide bonds. The molecule has 1 saturated heterocycles. The minimum absolute atomic E-state index is 0.00480. The first-order valence-electron chi connectivity index (χ1n) is 5.88. The van der Waals surface area contributed by atoms with Gasteiger partial charge in [0.05, 0.1) is 11.7 Å². The van der Waals surface area contributed by atoms with E-state index in [4.69, 9.17) is 9.84 Å². The minimum Gasteiger partial charge on any atom is -0.396 e. The Hall–Kier alpha value is -0.120. The van der Waals surface area contributed by atoms with E-state index in [0.717, 1.165) is 25.8 Å². The second-order valence-corrected chi connectivity index (χ2v) is 5.78. The summed E-state index contributed by atoms with van der Waals surface area (Å²) in [7, 11) is 0. The van der Waals surface area contributed by atoms with Crippen LogP contribution in [0.5, 0.6) is 0 Å². The molecule has 3 heteroatoms. The Bertz CT molecular complexity index is 202. The molecule has 3 nitrogen and oxygen atoms in total. The second kappa shape index (κ2) is 4.81. The van der Waals surface area contributed by atoms with Crippen LogP contribution >= 0.6 is 0 Å². The third kappa shape index (κ3) is 4.49. The number of rotatable bonds is 5. The van der Waals surface area contributed by atoms with Crippen molar-refractivity contribution in [3.63, 3.8) is 0 Å². The zero-order valence-electron chi connectivity index (χ0n) is 10.5. The van der Waals surface area contributed by atoms with Crippen LogP contribution in [0.2, 0.25) is 0 Å². The highest BCUT2D eigenvalue weighted by Gasteiger charge is 2.32. The molecule has 0 aromatic rings. The van der Waals surface area contributed by atoms with E-state index in [2.05, 4.69) is 33.0 Å². The molecular formula is C12H25NO2. The molecule has 1 heterocycles. The first-order chi connectivity index (χ1) is 6.85. The van der Waals surface area contributed by atoms with E-state index in [9.17, 15) is 0 Å². The molecule has 0 aromatic heterocycles. The molecule has 1 atom stereocenters. The van der Waals surface area contributed by atoms with Crippen molar-refractivity contribution < 1.29 is 9.84 Å². The summed E-state index contributed by atoms with van der Waals surface area (Å²) in [5.74, 6) is 0. The first kappa shape index (κ1) is 12.9. The van der Waals surface area contributed by atoms with Gasteiger partial charge in [-0.3, -0.25) is 0 Å². The van der Waals surface area contributed by atoms with Crippen LogP contribution in [0.4, 0.5) is 0 Å². The van der Waals surface area contributed by atoms with Crippen molar-refractivity contribution in [2.45, 2.75) is 64.2 Å². The van der Waals surface area contributed by atoms with E-state index < -0.39 is 0 Å². The monoisotopic (exact) mass is 215 g/mol. The normalized spacial score (nSPS) is 25.8. The Morgan fingerprint density at radius 3 is 2.60 bits per heavy atom. The molecule has 1 aliphatic heterocycles. The van der Waals surface area contributed by atoms with Gasteiger partial charge in [-0.15, -0.1) is 0 Å². The van der Waals surface area contributed by atoms with E-state index in [0.29, 0.717) is 6.10 Å². The lowest BCUT2D eigenvalue weighted by Crippen LogP contribution is -2.44. The summed E-state index contributed by atoms with van der Waals surface area (Å²) in [5.41, 5.74) is 0.0539. The van der Waals surface area contributed by atoms with Gasteiger partial charge in [-0.25, -0.2) is 0 Å². The van der Waals surface area contributed by atoms with Crippen molar-refractivity contribution in [3.8, 4) is 0 Å². The maximum absolute atomic E-state index is 8.91. The van der Waals surface area contributed by atoms with Crippen LogP contribution in [0.25, 0.3) is 0 Å². The topological polar surface area (TPSA) is 41.5 Å². The Morgan fingerprint density at radius 2 is 2.13 bits per heavy atom. The Labute approximate surface area is 93.2 Å². The van der Waals surface area contributed by atoms with E-state index in [1.165, 1.54) is 0 Å². The molecule has 0 bridgehead atoms. The minimum atomic E-state index is 0.00480. The molecule has 0 aliphatic carbocycles. The van der Waals surface area contributed by atoms with Gasteiger partial charge in [0.15, 0.2) is 0 Å². The molecule has 1 aliphatic rings. The van der Waals surface area contributed by atoms with E-state index >= 15 is 0 Å². The Kier molecular flexibility index (Phi) is 4.15. The summed E-state index contributed by atoms with van der Waals surface area (Å²) in [4.78, 5) is 0. The Morgan fingerprint density at radius 1 is 1.47 bits per heavy atom. The quantitative estimate of drug-likeness (QED) is 0.733. The second-order valence-electron chi connectivity index (χ2n) is 5.78. The highest BCUT2D eigenvalue weighted by atomic mass is 16.5. The molecule has 0 aromatic carbocycles. The summed E-state index contributed by atoms with van der Waals surface area (Å²) in [5, 5.41) is 12.4. The van der Waals surface area contributed by atoms with Crippen molar-refractivity contribution in [2.75, 3.05) is 13.2 Å². The van der Waals surface area contributed by atoms with Crippen LogP contribution in [0, 0.1) is 0 Å². The summed E-state index contributed by atoms with van der Waals surface area (Å²) >= 11 is 0. The zero-order valence-corrected chi connectivity index (χ0v) is 10.5. The van der Waals surface area contributed by atoms with Gasteiger partial charge in [0.25, 0.3) is 0 Å². The maximum Gasteiger partial charge on any atom is 0.0707 e. The summed E-state index contributed by atoms with van der Waals surface area (Å²) in [6, 6.07) is 0. The van der Waals surface area contributed by atoms with Gasteiger partial charge in [-0.2, -0.15) is 0 Å². The smallest absolute Gasteiger partial charge is 0.0707 e. The van der Waals surface area contributed by atoms with Gasteiger partial charge in [-0.05, 0) is 47.0 Å². The summed E-state index contributed by atoms with van der Waals surface area (Å²) in [6.45, 7) is 9.64. The lowest BCUT2D eigenvalue weighted by atomic mass is 10.0. The van der Waals surface area contributed by atoms with Crippen LogP contribution in [-0.4, -0.2) is 35.5 Å². The highest BCUT2D eigenvalue weighted by Crippen LogP contribution is 2.29. The molecule has 2 N–H and O–H groups in total. The number of hydrogen-bond donors (Lipinski definition) is 2.